The summed E-state index contributed by atoms with van der Waals surface area (Å²) in [5.74, 6) is -1.13. The molecule has 0 fully saturated rings. The smallest absolute Gasteiger partial charge is 0.367 e. The highest BCUT2D eigenvalue weighted by Gasteiger charge is 2.16. The van der Waals surface area contributed by atoms with Crippen molar-refractivity contribution >= 4 is 29.1 Å². The molecule has 0 aliphatic carbocycles. The quantitative estimate of drug-likeness (QED) is 0.727. The van der Waals surface area contributed by atoms with Crippen LogP contribution in [0.4, 0.5) is 0 Å². The lowest BCUT2D eigenvalue weighted by molar-refractivity contribution is -0.120. The molecule has 104 valence electrons. The summed E-state index contributed by atoms with van der Waals surface area (Å²) in [6.45, 7) is 2.16. The van der Waals surface area contributed by atoms with Crippen molar-refractivity contribution < 1.29 is 19.1 Å². The second-order valence-corrected chi connectivity index (χ2v) is 4.30. The Morgan fingerprint density at radius 1 is 1.42 bits per heavy atom. The Bertz CT molecular complexity index is 472. The summed E-state index contributed by atoms with van der Waals surface area (Å²) in [6, 6.07) is 0. The maximum absolute atomic E-state index is 11.7. The first kappa shape index (κ1) is 15.1. The number of rotatable bonds is 6. The number of aromatic nitrogens is 1. The molecule has 1 aromatic heterocycles. The summed E-state index contributed by atoms with van der Waals surface area (Å²) in [5.41, 5.74) is 0.143. The van der Waals surface area contributed by atoms with Crippen molar-refractivity contribution in [2.24, 2.45) is 0 Å². The zero-order valence-corrected chi connectivity index (χ0v) is 11.5. The van der Waals surface area contributed by atoms with Gasteiger partial charge in [-0.1, -0.05) is 0 Å². The standard InChI is InChI=1S/C11H15N3O4S/c1-3-18-11(17)10-14-7(6-19-10)9(16)13-5-4-8(15)12-2/h6H,3-5H2,1-2H3,(H,12,15)(H,13,16). The van der Waals surface area contributed by atoms with Gasteiger partial charge in [-0.25, -0.2) is 9.78 Å². The van der Waals surface area contributed by atoms with Crippen LogP contribution in [0.5, 0.6) is 0 Å². The molecule has 8 heteroatoms. The maximum Gasteiger partial charge on any atom is 0.367 e. The number of nitrogens with one attached hydrogen (secondary N) is 2. The molecule has 0 atom stereocenters. The second-order valence-electron chi connectivity index (χ2n) is 3.44. The zero-order valence-electron chi connectivity index (χ0n) is 10.7. The van der Waals surface area contributed by atoms with Gasteiger partial charge in [0, 0.05) is 25.4 Å². The number of amides is 2. The van der Waals surface area contributed by atoms with E-state index in [1.165, 1.54) is 12.4 Å². The molecule has 0 spiro atoms. The molecule has 0 aromatic carbocycles. The summed E-state index contributed by atoms with van der Waals surface area (Å²) in [7, 11) is 1.52. The maximum atomic E-state index is 11.7. The highest BCUT2D eigenvalue weighted by molar-refractivity contribution is 7.11. The van der Waals surface area contributed by atoms with Crippen LogP contribution in [0.2, 0.25) is 0 Å². The summed E-state index contributed by atoms with van der Waals surface area (Å²) in [6.07, 6.45) is 0.192. The van der Waals surface area contributed by atoms with Crippen molar-refractivity contribution in [1.82, 2.24) is 15.6 Å². The normalized spacial score (nSPS) is 9.79. The van der Waals surface area contributed by atoms with Crippen LogP contribution in [0.15, 0.2) is 5.38 Å². The van der Waals surface area contributed by atoms with E-state index in [-0.39, 0.29) is 36.2 Å². The van der Waals surface area contributed by atoms with Gasteiger partial charge in [0.15, 0.2) is 0 Å². The molecule has 19 heavy (non-hydrogen) atoms. The fourth-order valence-electron chi connectivity index (χ4n) is 1.17. The van der Waals surface area contributed by atoms with Crippen molar-refractivity contribution in [2.75, 3.05) is 20.2 Å². The van der Waals surface area contributed by atoms with Crippen LogP contribution in [0.25, 0.3) is 0 Å². The van der Waals surface area contributed by atoms with Gasteiger partial charge in [0.25, 0.3) is 5.91 Å². The molecule has 0 radical (unpaired) electrons. The molecular weight excluding hydrogens is 270 g/mol. The average molecular weight is 285 g/mol. The minimum absolute atomic E-state index is 0.137. The van der Waals surface area contributed by atoms with Crippen molar-refractivity contribution in [3.8, 4) is 0 Å². The summed E-state index contributed by atoms with van der Waals surface area (Å²) in [5, 5.41) is 6.60. The molecule has 1 aromatic rings. The van der Waals surface area contributed by atoms with E-state index >= 15 is 0 Å². The number of carbonyl (C=O) groups is 3. The second kappa shape index (κ2) is 7.47. The van der Waals surface area contributed by atoms with E-state index in [2.05, 4.69) is 15.6 Å². The van der Waals surface area contributed by atoms with E-state index in [0.717, 1.165) is 11.3 Å². The van der Waals surface area contributed by atoms with E-state index in [1.807, 2.05) is 0 Å². The Labute approximate surface area is 114 Å². The summed E-state index contributed by atoms with van der Waals surface area (Å²) >= 11 is 1.04. The molecule has 2 N–H and O–H groups in total. The molecule has 1 rings (SSSR count). The number of nitrogens with zero attached hydrogens (tertiary/aromatic N) is 1. The van der Waals surface area contributed by atoms with E-state index in [1.54, 1.807) is 6.92 Å². The van der Waals surface area contributed by atoms with Gasteiger partial charge >= 0.3 is 5.97 Å². The molecule has 0 aliphatic heterocycles. The highest BCUT2D eigenvalue weighted by Crippen LogP contribution is 2.11. The predicted molar refractivity (Wildman–Crippen MR) is 69.1 cm³/mol. The first-order valence-electron chi connectivity index (χ1n) is 5.70. The highest BCUT2D eigenvalue weighted by atomic mass is 32.1. The average Bonchev–Trinajstić information content (AvgIpc) is 2.88. The molecule has 0 unspecified atom stereocenters. The molecule has 0 bridgehead atoms. The fraction of sp³-hybridized carbons (Fsp3) is 0.455. The molecule has 0 aliphatic rings. The number of hydrogen-bond acceptors (Lipinski definition) is 6. The van der Waals surface area contributed by atoms with Gasteiger partial charge in [0.2, 0.25) is 10.9 Å². The van der Waals surface area contributed by atoms with Crippen LogP contribution in [0.1, 0.15) is 33.6 Å². The van der Waals surface area contributed by atoms with Gasteiger partial charge < -0.3 is 15.4 Å². The lowest BCUT2D eigenvalue weighted by Crippen LogP contribution is -2.29. The molecule has 0 saturated carbocycles. The van der Waals surface area contributed by atoms with Gasteiger partial charge in [-0.15, -0.1) is 11.3 Å². The zero-order chi connectivity index (χ0) is 14.3. The third-order valence-electron chi connectivity index (χ3n) is 2.10. The number of ether oxygens (including phenoxy) is 1. The van der Waals surface area contributed by atoms with E-state index in [9.17, 15) is 14.4 Å². The van der Waals surface area contributed by atoms with E-state index in [0.29, 0.717) is 0 Å². The van der Waals surface area contributed by atoms with Crippen molar-refractivity contribution in [2.45, 2.75) is 13.3 Å². The van der Waals surface area contributed by atoms with Crippen molar-refractivity contribution in [1.29, 1.82) is 0 Å². The number of hydrogen-bond donors (Lipinski definition) is 2. The molecule has 2 amide bonds. The lowest BCUT2D eigenvalue weighted by Gasteiger charge is -2.02. The number of esters is 1. The SMILES string of the molecule is CCOC(=O)c1nc(C(=O)NCCC(=O)NC)cs1. The lowest BCUT2D eigenvalue weighted by atomic mass is 10.3. The first-order valence-corrected chi connectivity index (χ1v) is 6.57. The number of thiazole rings is 1. The fourth-order valence-corrected chi connectivity index (χ4v) is 1.86. The molecule has 0 saturated heterocycles. The third kappa shape index (κ3) is 4.66. The minimum atomic E-state index is -0.545. The Morgan fingerprint density at radius 3 is 2.79 bits per heavy atom. The van der Waals surface area contributed by atoms with Crippen molar-refractivity contribution in [3.63, 3.8) is 0 Å². The third-order valence-corrected chi connectivity index (χ3v) is 2.93. The largest absolute Gasteiger partial charge is 0.461 e. The summed E-state index contributed by atoms with van der Waals surface area (Å²) < 4.78 is 4.77. The number of carbonyl (C=O) groups excluding carboxylic acids is 3. The topological polar surface area (TPSA) is 97.4 Å². The molecule has 1 heterocycles. The van der Waals surface area contributed by atoms with E-state index in [4.69, 9.17) is 4.74 Å². The Hall–Kier alpha value is -1.96. The predicted octanol–water partition coefficient (Wildman–Crippen LogP) is 0.186. The summed E-state index contributed by atoms with van der Waals surface area (Å²) in [4.78, 5) is 37.9. The van der Waals surface area contributed by atoms with Crippen LogP contribution in [0, 0.1) is 0 Å². The van der Waals surface area contributed by atoms with Gasteiger partial charge in [-0.2, -0.15) is 0 Å². The van der Waals surface area contributed by atoms with Gasteiger partial charge in [-0.3, -0.25) is 9.59 Å². The van der Waals surface area contributed by atoms with E-state index < -0.39 is 11.9 Å². The molecular formula is C11H15N3O4S. The Morgan fingerprint density at radius 2 is 2.16 bits per heavy atom. The van der Waals surface area contributed by atoms with Gasteiger partial charge in [0.05, 0.1) is 6.61 Å². The van der Waals surface area contributed by atoms with Gasteiger partial charge in [0.1, 0.15) is 5.69 Å². The van der Waals surface area contributed by atoms with Crippen LogP contribution >= 0.6 is 11.3 Å². The van der Waals surface area contributed by atoms with Crippen LogP contribution < -0.4 is 10.6 Å². The van der Waals surface area contributed by atoms with Crippen LogP contribution in [0.3, 0.4) is 0 Å². The minimum Gasteiger partial charge on any atom is -0.461 e. The first-order chi connectivity index (χ1) is 9.08. The monoisotopic (exact) mass is 285 g/mol. The Kier molecular flexibility index (Phi) is 5.94. The molecule has 7 nitrogen and oxygen atoms in total. The van der Waals surface area contributed by atoms with Crippen LogP contribution in [-0.4, -0.2) is 43.0 Å². The Balaban J connectivity index is 2.49. The van der Waals surface area contributed by atoms with Crippen molar-refractivity contribution in [3.05, 3.63) is 16.1 Å². The van der Waals surface area contributed by atoms with Gasteiger partial charge in [-0.05, 0) is 6.92 Å². The van der Waals surface area contributed by atoms with Crippen LogP contribution in [-0.2, 0) is 9.53 Å².